The van der Waals surface area contributed by atoms with Crippen LogP contribution < -0.4 is 4.90 Å². The van der Waals surface area contributed by atoms with Crippen molar-refractivity contribution in [3.8, 4) is 0 Å². The van der Waals surface area contributed by atoms with E-state index in [1.54, 1.807) is 41.4 Å². The van der Waals surface area contributed by atoms with Crippen LogP contribution in [-0.2, 0) is 14.8 Å². The quantitative estimate of drug-likeness (QED) is 0.660. The Hall–Kier alpha value is -2.49. The molecule has 1 aromatic heterocycles. The van der Waals surface area contributed by atoms with Crippen molar-refractivity contribution in [2.24, 2.45) is 5.92 Å². The number of hydrogen-bond donors (Lipinski definition) is 0. The number of aromatic nitrogens is 2. The largest absolute Gasteiger partial charge is 0.356 e. The van der Waals surface area contributed by atoms with Gasteiger partial charge >= 0.3 is 0 Å². The first kappa shape index (κ1) is 22.7. The number of piperazine rings is 1. The van der Waals surface area contributed by atoms with Gasteiger partial charge in [-0.25, -0.2) is 18.4 Å². The van der Waals surface area contributed by atoms with Crippen LogP contribution in [0.25, 0.3) is 6.08 Å². The molecule has 0 radical (unpaired) electrons. The summed E-state index contributed by atoms with van der Waals surface area (Å²) in [5.41, 5.74) is 0.764. The minimum Gasteiger partial charge on any atom is -0.356 e. The number of carbonyl (C=O) groups is 1. The Morgan fingerprint density at radius 2 is 1.69 bits per heavy atom. The van der Waals surface area contributed by atoms with E-state index in [1.807, 2.05) is 6.07 Å². The Balaban J connectivity index is 1.27. The number of rotatable bonds is 5. The third kappa shape index (κ3) is 5.46. The van der Waals surface area contributed by atoms with Gasteiger partial charge in [-0.3, -0.25) is 4.79 Å². The van der Waals surface area contributed by atoms with Gasteiger partial charge in [-0.1, -0.05) is 23.7 Å². The smallest absolute Gasteiger partial charge is 0.236 e. The van der Waals surface area contributed by atoms with E-state index < -0.39 is 10.0 Å². The highest BCUT2D eigenvalue weighted by atomic mass is 35.5. The molecule has 0 N–H and O–H groups in total. The molecule has 0 bridgehead atoms. The van der Waals surface area contributed by atoms with Crippen molar-refractivity contribution >= 4 is 39.4 Å². The number of sulfonamides is 1. The highest BCUT2D eigenvalue weighted by Gasteiger charge is 2.32. The minimum absolute atomic E-state index is 0.0268. The van der Waals surface area contributed by atoms with E-state index in [4.69, 9.17) is 11.6 Å². The summed E-state index contributed by atoms with van der Waals surface area (Å²) >= 11 is 5.86. The predicted molar refractivity (Wildman–Crippen MR) is 125 cm³/mol. The van der Waals surface area contributed by atoms with Crippen molar-refractivity contribution in [3.63, 3.8) is 0 Å². The van der Waals surface area contributed by atoms with Crippen molar-refractivity contribution in [2.45, 2.75) is 12.8 Å². The van der Waals surface area contributed by atoms with Gasteiger partial charge in [-0.05, 0) is 42.7 Å². The van der Waals surface area contributed by atoms with E-state index in [-0.39, 0.29) is 11.8 Å². The van der Waals surface area contributed by atoms with Crippen LogP contribution in [0.4, 0.5) is 5.82 Å². The zero-order valence-electron chi connectivity index (χ0n) is 17.7. The Morgan fingerprint density at radius 3 is 2.31 bits per heavy atom. The minimum atomic E-state index is -3.54. The number of halogens is 1. The number of anilines is 1. The third-order valence-electron chi connectivity index (χ3n) is 5.95. The van der Waals surface area contributed by atoms with Crippen molar-refractivity contribution in [2.75, 3.05) is 44.2 Å². The number of piperidine rings is 1. The van der Waals surface area contributed by atoms with E-state index in [0.717, 1.165) is 37.3 Å². The molecule has 2 aromatic rings. The molecule has 10 heteroatoms. The molecular weight excluding hydrogens is 450 g/mol. The first-order valence-corrected chi connectivity index (χ1v) is 12.5. The summed E-state index contributed by atoms with van der Waals surface area (Å²) in [5.74, 6) is 0.985. The summed E-state index contributed by atoms with van der Waals surface area (Å²) in [7, 11) is -3.54. The van der Waals surface area contributed by atoms with Gasteiger partial charge < -0.3 is 9.80 Å². The number of carbonyl (C=O) groups excluding carboxylic acids is 1. The summed E-state index contributed by atoms with van der Waals surface area (Å²) in [6.45, 7) is 2.99. The maximum atomic E-state index is 13.0. The van der Waals surface area contributed by atoms with Crippen LogP contribution in [0.5, 0.6) is 0 Å². The fraction of sp³-hybridized carbons (Fsp3) is 0.409. The molecule has 2 aliphatic rings. The normalized spacial score (nSPS) is 18.9. The summed E-state index contributed by atoms with van der Waals surface area (Å²) < 4.78 is 26.8. The molecule has 1 amide bonds. The maximum Gasteiger partial charge on any atom is 0.236 e. The van der Waals surface area contributed by atoms with E-state index >= 15 is 0 Å². The molecule has 1 aromatic carbocycles. The van der Waals surface area contributed by atoms with Crippen LogP contribution in [-0.4, -0.2) is 72.8 Å². The Morgan fingerprint density at radius 1 is 1.00 bits per heavy atom. The second-order valence-corrected chi connectivity index (χ2v) is 10.2. The van der Waals surface area contributed by atoms with Gasteiger partial charge in [-0.15, -0.1) is 0 Å². The van der Waals surface area contributed by atoms with E-state index in [9.17, 15) is 13.2 Å². The summed E-state index contributed by atoms with van der Waals surface area (Å²) in [5, 5.41) is 1.82. The summed E-state index contributed by atoms with van der Waals surface area (Å²) in [6, 6.07) is 8.85. The molecule has 170 valence electrons. The Kier molecular flexibility index (Phi) is 7.07. The molecule has 0 aliphatic carbocycles. The van der Waals surface area contributed by atoms with Gasteiger partial charge in [0.2, 0.25) is 15.9 Å². The molecule has 0 unspecified atom stereocenters. The lowest BCUT2D eigenvalue weighted by Gasteiger charge is -2.38. The lowest BCUT2D eigenvalue weighted by molar-refractivity contribution is -0.137. The van der Waals surface area contributed by atoms with Crippen molar-refractivity contribution in [3.05, 3.63) is 58.9 Å². The molecule has 2 aliphatic heterocycles. The second kappa shape index (κ2) is 9.97. The third-order valence-corrected chi connectivity index (χ3v) is 7.76. The average Bonchev–Trinajstić information content (AvgIpc) is 2.84. The molecule has 2 fully saturated rings. The van der Waals surface area contributed by atoms with Gasteiger partial charge in [0, 0.05) is 61.8 Å². The first-order chi connectivity index (χ1) is 15.4. The van der Waals surface area contributed by atoms with Crippen LogP contribution in [0.3, 0.4) is 0 Å². The van der Waals surface area contributed by atoms with Crippen LogP contribution >= 0.6 is 11.6 Å². The molecule has 0 saturated carbocycles. The molecule has 32 heavy (non-hydrogen) atoms. The van der Waals surface area contributed by atoms with E-state index in [2.05, 4.69) is 14.9 Å². The van der Waals surface area contributed by atoms with Crippen molar-refractivity contribution in [1.82, 2.24) is 19.2 Å². The maximum absolute atomic E-state index is 13.0. The number of hydrogen-bond acceptors (Lipinski definition) is 6. The van der Waals surface area contributed by atoms with Gasteiger partial charge in [0.15, 0.2) is 0 Å². The topological polar surface area (TPSA) is 86.7 Å². The molecular formula is C22H26ClN5O3S. The van der Waals surface area contributed by atoms with Crippen LogP contribution in [0.15, 0.2) is 48.3 Å². The zero-order valence-corrected chi connectivity index (χ0v) is 19.2. The van der Waals surface area contributed by atoms with Gasteiger partial charge in [0.05, 0.1) is 0 Å². The predicted octanol–water partition coefficient (Wildman–Crippen LogP) is 2.49. The number of nitrogens with zero attached hydrogens (tertiary/aromatic N) is 5. The Labute approximate surface area is 193 Å². The highest BCUT2D eigenvalue weighted by molar-refractivity contribution is 7.92. The summed E-state index contributed by atoms with van der Waals surface area (Å²) in [4.78, 5) is 25.2. The second-order valence-electron chi connectivity index (χ2n) is 7.95. The standard InChI is InChI=1S/C22H26ClN5O3S/c23-20-3-1-18(2-4-20)8-16-32(30,31)28-14-12-27(13-15-28)22(29)19-6-10-26(11-7-19)21-5-9-24-17-25-21/h1-5,8-9,16-17,19H,6-7,10-15H2/b16-8+. The van der Waals surface area contributed by atoms with E-state index in [0.29, 0.717) is 31.2 Å². The monoisotopic (exact) mass is 475 g/mol. The number of amides is 1. The molecule has 8 nitrogen and oxygen atoms in total. The lowest BCUT2D eigenvalue weighted by Crippen LogP contribution is -2.52. The Bertz CT molecular complexity index is 1050. The molecule has 4 rings (SSSR count). The van der Waals surface area contributed by atoms with Crippen LogP contribution in [0, 0.1) is 5.92 Å². The molecule has 2 saturated heterocycles. The van der Waals surface area contributed by atoms with E-state index in [1.165, 1.54) is 16.0 Å². The van der Waals surface area contributed by atoms with Crippen molar-refractivity contribution in [1.29, 1.82) is 0 Å². The average molecular weight is 476 g/mol. The van der Waals surface area contributed by atoms with Gasteiger partial charge in [0.1, 0.15) is 12.1 Å². The first-order valence-electron chi connectivity index (χ1n) is 10.7. The van der Waals surface area contributed by atoms with Crippen LogP contribution in [0.1, 0.15) is 18.4 Å². The van der Waals surface area contributed by atoms with Gasteiger partial charge in [0.25, 0.3) is 0 Å². The fourth-order valence-corrected chi connectivity index (χ4v) is 5.37. The molecule has 0 atom stereocenters. The summed E-state index contributed by atoms with van der Waals surface area (Å²) in [6.07, 6.45) is 6.35. The fourth-order valence-electron chi connectivity index (χ4n) is 4.07. The SMILES string of the molecule is O=C(C1CCN(c2ccncn2)CC1)N1CCN(S(=O)(=O)/C=C/c2ccc(Cl)cc2)CC1. The highest BCUT2D eigenvalue weighted by Crippen LogP contribution is 2.24. The molecule has 0 spiro atoms. The van der Waals surface area contributed by atoms with Crippen LogP contribution in [0.2, 0.25) is 5.02 Å². The lowest BCUT2D eigenvalue weighted by atomic mass is 9.95. The number of benzene rings is 1. The van der Waals surface area contributed by atoms with Gasteiger partial charge in [-0.2, -0.15) is 4.31 Å². The van der Waals surface area contributed by atoms with Crippen molar-refractivity contribution < 1.29 is 13.2 Å². The zero-order chi connectivity index (χ0) is 22.6. The molecule has 3 heterocycles.